The Balaban J connectivity index is 2.14. The van der Waals surface area contributed by atoms with Crippen molar-refractivity contribution in [2.75, 3.05) is 0 Å². The predicted molar refractivity (Wildman–Crippen MR) is 54.4 cm³/mol. The molecule has 0 radical (unpaired) electrons. The van der Waals surface area contributed by atoms with Crippen LogP contribution in [0, 0.1) is 0 Å². The van der Waals surface area contributed by atoms with E-state index in [0.717, 1.165) is 0 Å². The maximum atomic E-state index is 11.8. The monoisotopic (exact) mass is 202 g/mol. The van der Waals surface area contributed by atoms with Crippen LogP contribution in [0.4, 0.5) is 0 Å². The molecule has 0 fully saturated rings. The van der Waals surface area contributed by atoms with Gasteiger partial charge in [-0.3, -0.25) is 9.59 Å². The lowest BCUT2D eigenvalue weighted by molar-refractivity contribution is -0.114. The molecule has 3 nitrogen and oxygen atoms in total. The Morgan fingerprint density at radius 1 is 1.33 bits per heavy atom. The van der Waals surface area contributed by atoms with Crippen molar-refractivity contribution in [1.82, 2.24) is 0 Å². The molecule has 0 aromatic heterocycles. The van der Waals surface area contributed by atoms with Crippen molar-refractivity contribution in [2.45, 2.75) is 12.5 Å². The lowest BCUT2D eigenvalue weighted by Gasteiger charge is -2.00. The van der Waals surface area contributed by atoms with E-state index in [0.29, 0.717) is 23.8 Å². The molecule has 1 heterocycles. The number of ketones is 1. The van der Waals surface area contributed by atoms with Crippen molar-refractivity contribution in [3.8, 4) is 0 Å². The number of hydrogen-bond donors (Lipinski definition) is 0. The van der Waals surface area contributed by atoms with Crippen LogP contribution in [0.15, 0.2) is 42.2 Å². The summed E-state index contributed by atoms with van der Waals surface area (Å²) in [6.45, 7) is 0. The first-order valence-corrected chi connectivity index (χ1v) is 4.71. The molecule has 1 aliphatic rings. The van der Waals surface area contributed by atoms with Crippen LogP contribution in [0.25, 0.3) is 0 Å². The molecule has 0 saturated heterocycles. The first-order chi connectivity index (χ1) is 7.31. The van der Waals surface area contributed by atoms with Crippen LogP contribution in [0.5, 0.6) is 0 Å². The zero-order chi connectivity index (χ0) is 10.7. The molecule has 0 N–H and O–H groups in total. The van der Waals surface area contributed by atoms with Gasteiger partial charge in [0, 0.05) is 17.6 Å². The minimum Gasteiger partial charge on any atom is -0.490 e. The Kier molecular flexibility index (Phi) is 2.63. The van der Waals surface area contributed by atoms with Crippen molar-refractivity contribution in [3.63, 3.8) is 0 Å². The maximum Gasteiger partial charge on any atom is 0.192 e. The van der Waals surface area contributed by atoms with Crippen LogP contribution in [0.3, 0.4) is 0 Å². The second kappa shape index (κ2) is 4.09. The Morgan fingerprint density at radius 2 is 2.07 bits per heavy atom. The molecule has 2 rings (SSSR count). The van der Waals surface area contributed by atoms with Crippen LogP contribution < -0.4 is 0 Å². The van der Waals surface area contributed by atoms with Crippen LogP contribution in [0.1, 0.15) is 16.8 Å². The molecule has 15 heavy (non-hydrogen) atoms. The number of ether oxygens (including phenoxy) is 1. The summed E-state index contributed by atoms with van der Waals surface area (Å²) in [5, 5.41) is 0. The van der Waals surface area contributed by atoms with E-state index in [1.807, 2.05) is 6.07 Å². The fraction of sp³-hybridized carbons (Fsp3) is 0.167. The van der Waals surface area contributed by atoms with E-state index in [1.165, 1.54) is 6.26 Å². The lowest BCUT2D eigenvalue weighted by Crippen LogP contribution is -2.08. The molecule has 0 bridgehead atoms. The molecule has 0 amide bonds. The number of hydrogen-bond acceptors (Lipinski definition) is 3. The minimum atomic E-state index is -0.493. The van der Waals surface area contributed by atoms with Gasteiger partial charge in [-0.25, -0.2) is 0 Å². The summed E-state index contributed by atoms with van der Waals surface area (Å²) in [5.41, 5.74) is 1.18. The van der Waals surface area contributed by atoms with Gasteiger partial charge in [-0.15, -0.1) is 0 Å². The average molecular weight is 202 g/mol. The van der Waals surface area contributed by atoms with Crippen molar-refractivity contribution >= 4 is 12.1 Å². The van der Waals surface area contributed by atoms with Crippen LogP contribution in [-0.4, -0.2) is 18.2 Å². The smallest absolute Gasteiger partial charge is 0.192 e. The number of aldehydes is 1. The molecule has 1 aromatic carbocycles. The molecule has 3 heteroatoms. The first kappa shape index (κ1) is 9.65. The van der Waals surface area contributed by atoms with Gasteiger partial charge in [0.1, 0.15) is 0 Å². The van der Waals surface area contributed by atoms with Gasteiger partial charge in [-0.05, 0) is 0 Å². The van der Waals surface area contributed by atoms with E-state index in [4.69, 9.17) is 4.74 Å². The summed E-state index contributed by atoms with van der Waals surface area (Å²) in [7, 11) is 0. The SMILES string of the molecule is O=CC1CC(C(=O)c2ccccc2)=CO1. The average Bonchev–Trinajstić information content (AvgIpc) is 2.78. The molecule has 1 aromatic rings. The van der Waals surface area contributed by atoms with Crippen LogP contribution >= 0.6 is 0 Å². The van der Waals surface area contributed by atoms with Crippen molar-refractivity contribution in [3.05, 3.63) is 47.7 Å². The highest BCUT2D eigenvalue weighted by atomic mass is 16.5. The van der Waals surface area contributed by atoms with Crippen molar-refractivity contribution in [2.24, 2.45) is 0 Å². The molecular weight excluding hydrogens is 192 g/mol. The van der Waals surface area contributed by atoms with Gasteiger partial charge in [0.15, 0.2) is 18.2 Å². The van der Waals surface area contributed by atoms with E-state index >= 15 is 0 Å². The lowest BCUT2D eigenvalue weighted by atomic mass is 10.0. The van der Waals surface area contributed by atoms with Gasteiger partial charge in [0.25, 0.3) is 0 Å². The van der Waals surface area contributed by atoms with Gasteiger partial charge in [-0.1, -0.05) is 30.3 Å². The number of Topliss-reactive ketones (excluding diaryl/α,β-unsaturated/α-hetero) is 1. The summed E-state index contributed by atoms with van der Waals surface area (Å²) < 4.78 is 5.01. The Hall–Kier alpha value is -1.90. The molecule has 0 aliphatic carbocycles. The van der Waals surface area contributed by atoms with E-state index in [2.05, 4.69) is 0 Å². The molecule has 0 saturated carbocycles. The van der Waals surface area contributed by atoms with Crippen LogP contribution in [-0.2, 0) is 9.53 Å². The van der Waals surface area contributed by atoms with E-state index < -0.39 is 6.10 Å². The maximum absolute atomic E-state index is 11.8. The van der Waals surface area contributed by atoms with E-state index in [1.54, 1.807) is 24.3 Å². The predicted octanol–water partition coefficient (Wildman–Crippen LogP) is 1.74. The molecule has 1 aliphatic heterocycles. The van der Waals surface area contributed by atoms with Crippen molar-refractivity contribution < 1.29 is 14.3 Å². The van der Waals surface area contributed by atoms with Gasteiger partial charge >= 0.3 is 0 Å². The summed E-state index contributed by atoms with van der Waals surface area (Å²) in [5.74, 6) is -0.0695. The highest BCUT2D eigenvalue weighted by Crippen LogP contribution is 2.20. The normalized spacial score (nSPS) is 19.2. The zero-order valence-electron chi connectivity index (χ0n) is 8.05. The molecule has 76 valence electrons. The summed E-state index contributed by atoms with van der Waals surface area (Å²) in [4.78, 5) is 22.3. The number of carbonyl (C=O) groups excluding carboxylic acids is 2. The second-order valence-corrected chi connectivity index (χ2v) is 3.35. The van der Waals surface area contributed by atoms with E-state index in [9.17, 15) is 9.59 Å². The zero-order valence-corrected chi connectivity index (χ0v) is 8.05. The summed E-state index contributed by atoms with van der Waals surface area (Å²) >= 11 is 0. The van der Waals surface area contributed by atoms with Gasteiger partial charge in [0.2, 0.25) is 0 Å². The standard InChI is InChI=1S/C12H10O3/c13-7-11-6-10(8-15-11)12(14)9-4-2-1-3-5-9/h1-5,7-8,11H,6H2. The Morgan fingerprint density at radius 3 is 2.67 bits per heavy atom. The first-order valence-electron chi connectivity index (χ1n) is 4.71. The second-order valence-electron chi connectivity index (χ2n) is 3.35. The largest absolute Gasteiger partial charge is 0.490 e. The van der Waals surface area contributed by atoms with E-state index in [-0.39, 0.29) is 5.78 Å². The van der Waals surface area contributed by atoms with Crippen molar-refractivity contribution in [1.29, 1.82) is 0 Å². The Bertz CT molecular complexity index is 406. The topological polar surface area (TPSA) is 43.4 Å². The summed E-state index contributed by atoms with van der Waals surface area (Å²) in [6, 6.07) is 8.96. The minimum absolute atomic E-state index is 0.0695. The quantitative estimate of drug-likeness (QED) is 0.554. The third-order valence-corrected chi connectivity index (χ3v) is 2.29. The summed E-state index contributed by atoms with van der Waals surface area (Å²) in [6.07, 6.45) is 1.97. The molecule has 1 unspecified atom stereocenters. The third kappa shape index (κ3) is 1.96. The van der Waals surface area contributed by atoms with Gasteiger partial charge < -0.3 is 4.74 Å². The number of rotatable bonds is 3. The molecular formula is C12H10O3. The molecule has 0 spiro atoms. The fourth-order valence-corrected chi connectivity index (χ4v) is 1.48. The third-order valence-electron chi connectivity index (χ3n) is 2.29. The highest BCUT2D eigenvalue weighted by molar-refractivity contribution is 6.09. The Labute approximate surface area is 87.4 Å². The fourth-order valence-electron chi connectivity index (χ4n) is 1.48. The van der Waals surface area contributed by atoms with Gasteiger partial charge in [0.05, 0.1) is 6.26 Å². The van der Waals surface area contributed by atoms with Gasteiger partial charge in [-0.2, -0.15) is 0 Å². The molecule has 1 atom stereocenters. The number of carbonyl (C=O) groups is 2. The number of benzene rings is 1. The van der Waals surface area contributed by atoms with Crippen LogP contribution in [0.2, 0.25) is 0 Å². The highest BCUT2D eigenvalue weighted by Gasteiger charge is 2.23.